The first-order valence-corrected chi connectivity index (χ1v) is 16.5. The summed E-state index contributed by atoms with van der Waals surface area (Å²) in [4.78, 5) is 37.0. The number of unbranched alkanes of at least 4 members (excludes halogenated alkanes) is 1. The molecule has 1 amide bonds. The highest BCUT2D eigenvalue weighted by molar-refractivity contribution is 5.86. The van der Waals surface area contributed by atoms with Crippen LogP contribution in [0, 0.1) is 10.1 Å². The molecule has 262 valence electrons. The second kappa shape index (κ2) is 17.5. The predicted molar refractivity (Wildman–Crippen MR) is 195 cm³/mol. The molecule has 0 unspecified atom stereocenters. The number of nitro groups is 1. The zero-order valence-corrected chi connectivity index (χ0v) is 28.2. The van der Waals surface area contributed by atoms with Gasteiger partial charge >= 0.3 is 6.16 Å². The summed E-state index contributed by atoms with van der Waals surface area (Å²) < 4.78 is 15.8. The van der Waals surface area contributed by atoms with Crippen molar-refractivity contribution in [3.05, 3.63) is 166 Å². The number of nitrogens with zero attached hydrogens (tertiary/aromatic N) is 1. The fourth-order valence-electron chi connectivity index (χ4n) is 5.77. The molecule has 4 N–H and O–H groups in total. The van der Waals surface area contributed by atoms with Gasteiger partial charge < -0.3 is 30.6 Å². The normalized spacial score (nSPS) is 11.6. The van der Waals surface area contributed by atoms with Crippen LogP contribution >= 0.6 is 0 Å². The van der Waals surface area contributed by atoms with Crippen molar-refractivity contribution in [1.29, 1.82) is 0 Å². The highest BCUT2D eigenvalue weighted by Crippen LogP contribution is 2.38. The number of nitrogens with two attached hydrogens (primary N) is 1. The maximum absolute atomic E-state index is 14.5. The van der Waals surface area contributed by atoms with Crippen molar-refractivity contribution in [3.8, 4) is 11.5 Å². The van der Waals surface area contributed by atoms with Gasteiger partial charge in [-0.05, 0) is 84.5 Å². The highest BCUT2D eigenvalue weighted by atomic mass is 16.7. The van der Waals surface area contributed by atoms with Crippen LogP contribution < -0.4 is 25.8 Å². The number of ether oxygens (including phenoxy) is 3. The zero-order chi connectivity index (χ0) is 36.1. The lowest BCUT2D eigenvalue weighted by molar-refractivity contribution is -0.384. The number of methoxy groups -OCH3 is 1. The Morgan fingerprint density at radius 2 is 1.33 bits per heavy atom. The van der Waals surface area contributed by atoms with Crippen molar-refractivity contribution < 1.29 is 28.7 Å². The summed E-state index contributed by atoms with van der Waals surface area (Å²) in [5.74, 6) is 0.633. The van der Waals surface area contributed by atoms with E-state index >= 15 is 0 Å². The van der Waals surface area contributed by atoms with E-state index in [2.05, 4.69) is 10.6 Å². The first-order chi connectivity index (χ1) is 24.8. The van der Waals surface area contributed by atoms with Crippen LogP contribution in [0.4, 0.5) is 16.2 Å². The van der Waals surface area contributed by atoms with Crippen molar-refractivity contribution in [2.45, 2.75) is 37.5 Å². The zero-order valence-electron chi connectivity index (χ0n) is 28.2. The number of non-ortho nitro benzene ring substituents is 1. The smallest absolute Gasteiger partial charge is 0.497 e. The third kappa shape index (κ3) is 9.28. The Labute approximate surface area is 296 Å². The second-order valence-electron chi connectivity index (χ2n) is 11.8. The largest absolute Gasteiger partial charge is 0.514 e. The van der Waals surface area contributed by atoms with E-state index in [1.54, 1.807) is 19.2 Å². The SMILES string of the molecule is COc1ccc(C(NC(=O)[C@@H](CCCCN)Nc2ccc(COC(=O)Oc3ccc([N+](=O)[O-])cc3)cc2)(c2ccccc2)c2ccccc2)cc1. The first kappa shape index (κ1) is 36.1. The van der Waals surface area contributed by atoms with Crippen LogP contribution in [-0.2, 0) is 21.7 Å². The highest BCUT2D eigenvalue weighted by Gasteiger charge is 2.39. The van der Waals surface area contributed by atoms with E-state index < -0.39 is 22.7 Å². The van der Waals surface area contributed by atoms with Crippen molar-refractivity contribution in [3.63, 3.8) is 0 Å². The molecule has 11 heteroatoms. The number of anilines is 1. The lowest BCUT2D eigenvalue weighted by atomic mass is 9.76. The van der Waals surface area contributed by atoms with E-state index in [1.165, 1.54) is 24.3 Å². The summed E-state index contributed by atoms with van der Waals surface area (Å²) in [6.07, 6.45) is 1.08. The Balaban J connectivity index is 1.35. The van der Waals surface area contributed by atoms with E-state index in [-0.39, 0.29) is 24.0 Å². The number of carbonyl (C=O) groups excluding carboxylic acids is 2. The molecule has 5 aromatic carbocycles. The average Bonchev–Trinajstić information content (AvgIpc) is 3.17. The number of nitro benzene ring substituents is 1. The van der Waals surface area contributed by atoms with Crippen molar-refractivity contribution in [2.24, 2.45) is 5.73 Å². The van der Waals surface area contributed by atoms with E-state index in [9.17, 15) is 19.7 Å². The van der Waals surface area contributed by atoms with Gasteiger partial charge in [-0.3, -0.25) is 14.9 Å². The summed E-state index contributed by atoms with van der Waals surface area (Å²) in [5.41, 5.74) is 8.73. The quantitative estimate of drug-likeness (QED) is 0.0241. The van der Waals surface area contributed by atoms with Crippen molar-refractivity contribution in [1.82, 2.24) is 5.32 Å². The molecule has 0 aliphatic heterocycles. The third-order valence-electron chi connectivity index (χ3n) is 8.41. The molecule has 0 fully saturated rings. The molecule has 0 radical (unpaired) electrons. The fourth-order valence-corrected chi connectivity index (χ4v) is 5.77. The van der Waals surface area contributed by atoms with Crippen molar-refractivity contribution >= 4 is 23.4 Å². The number of rotatable bonds is 16. The topological polar surface area (TPSA) is 155 Å². The van der Waals surface area contributed by atoms with Crippen LogP contribution in [0.3, 0.4) is 0 Å². The molecule has 0 aromatic heterocycles. The summed E-state index contributed by atoms with van der Waals surface area (Å²) in [5, 5.41) is 17.7. The minimum Gasteiger partial charge on any atom is -0.497 e. The Bertz CT molecular complexity index is 1830. The standard InChI is InChI=1S/C40H40N4O7/c1-49-35-23-17-32(18-24-35)40(30-10-4-2-5-11-30,31-12-6-3-7-13-31)43-38(45)37(14-8-9-27-41)42-33-19-15-29(16-20-33)28-50-39(46)51-36-25-21-34(22-26-36)44(47)48/h2-7,10-13,15-26,37,42H,8-9,14,27-28,41H2,1H3,(H,43,45)/t37-/m1/s1. The van der Waals surface area contributed by atoms with Gasteiger partial charge in [-0.15, -0.1) is 0 Å². The van der Waals surface area contributed by atoms with Crippen LogP contribution in [0.25, 0.3) is 0 Å². The number of nitrogens with one attached hydrogen (secondary N) is 2. The molecular formula is C40H40N4O7. The predicted octanol–water partition coefficient (Wildman–Crippen LogP) is 7.34. The van der Waals surface area contributed by atoms with Gasteiger partial charge in [0, 0.05) is 17.8 Å². The van der Waals surface area contributed by atoms with Gasteiger partial charge in [0.15, 0.2) is 0 Å². The summed E-state index contributed by atoms with van der Waals surface area (Å²) >= 11 is 0. The molecule has 0 spiro atoms. The molecule has 1 atom stereocenters. The second-order valence-corrected chi connectivity index (χ2v) is 11.8. The number of carbonyl (C=O) groups is 2. The van der Waals surface area contributed by atoms with E-state index in [0.717, 1.165) is 29.5 Å². The Morgan fingerprint density at radius 1 is 0.765 bits per heavy atom. The minimum absolute atomic E-state index is 0.0644. The average molecular weight is 689 g/mol. The number of amides is 1. The van der Waals surface area contributed by atoms with E-state index in [0.29, 0.717) is 30.0 Å². The van der Waals surface area contributed by atoms with Gasteiger partial charge in [-0.2, -0.15) is 0 Å². The lowest BCUT2D eigenvalue weighted by Gasteiger charge is -2.38. The Kier molecular flexibility index (Phi) is 12.4. The number of hydrogen-bond donors (Lipinski definition) is 3. The van der Waals surface area contributed by atoms with Crippen molar-refractivity contribution in [2.75, 3.05) is 19.0 Å². The van der Waals surface area contributed by atoms with Gasteiger partial charge in [-0.25, -0.2) is 4.79 Å². The molecular weight excluding hydrogens is 648 g/mol. The first-order valence-electron chi connectivity index (χ1n) is 16.5. The van der Waals surface area contributed by atoms with Crippen LogP contribution in [0.2, 0.25) is 0 Å². The number of hydrogen-bond acceptors (Lipinski definition) is 9. The van der Waals surface area contributed by atoms with Crippen LogP contribution in [0.15, 0.2) is 133 Å². The number of benzene rings is 5. The lowest BCUT2D eigenvalue weighted by Crippen LogP contribution is -2.52. The summed E-state index contributed by atoms with van der Waals surface area (Å²) in [6.45, 7) is 0.449. The third-order valence-corrected chi connectivity index (χ3v) is 8.41. The molecule has 0 aliphatic carbocycles. The fraction of sp³-hybridized carbons (Fsp3) is 0.200. The van der Waals surface area contributed by atoms with Gasteiger partial charge in [0.25, 0.3) is 5.69 Å². The summed E-state index contributed by atoms with van der Waals surface area (Å²) in [7, 11) is 1.62. The molecule has 5 aromatic rings. The molecule has 51 heavy (non-hydrogen) atoms. The molecule has 11 nitrogen and oxygen atoms in total. The molecule has 0 bridgehead atoms. The van der Waals surface area contributed by atoms with Crippen LogP contribution in [0.5, 0.6) is 11.5 Å². The van der Waals surface area contributed by atoms with E-state index in [4.69, 9.17) is 19.9 Å². The van der Waals surface area contributed by atoms with Gasteiger partial charge in [0.1, 0.15) is 29.7 Å². The van der Waals surface area contributed by atoms with Gasteiger partial charge in [0.2, 0.25) is 5.91 Å². The van der Waals surface area contributed by atoms with Gasteiger partial charge in [-0.1, -0.05) is 84.9 Å². The monoisotopic (exact) mass is 688 g/mol. The van der Waals surface area contributed by atoms with Crippen LogP contribution in [-0.4, -0.2) is 36.7 Å². The van der Waals surface area contributed by atoms with E-state index in [1.807, 2.05) is 97.1 Å². The van der Waals surface area contributed by atoms with Gasteiger partial charge in [0.05, 0.1) is 12.0 Å². The maximum Gasteiger partial charge on any atom is 0.514 e. The Hall–Kier alpha value is -6.20. The Morgan fingerprint density at radius 3 is 1.88 bits per heavy atom. The molecule has 0 saturated carbocycles. The summed E-state index contributed by atoms with van der Waals surface area (Å²) in [6, 6.07) is 39.2. The molecule has 5 rings (SSSR count). The maximum atomic E-state index is 14.5. The minimum atomic E-state index is -1.02. The molecule has 0 aliphatic rings. The molecule has 0 saturated heterocycles. The van der Waals surface area contributed by atoms with Crippen LogP contribution in [0.1, 0.15) is 41.5 Å². The molecule has 0 heterocycles.